The second-order valence-corrected chi connectivity index (χ2v) is 10.0. The van der Waals surface area contributed by atoms with Gasteiger partial charge in [0.25, 0.3) is 0 Å². The molecule has 5 aliphatic heterocycles. The summed E-state index contributed by atoms with van der Waals surface area (Å²) in [6, 6.07) is 0.636. The molecule has 0 saturated carbocycles. The first-order chi connectivity index (χ1) is 14.7. The van der Waals surface area contributed by atoms with Gasteiger partial charge in [0.1, 0.15) is 0 Å². The lowest BCUT2D eigenvalue weighted by Crippen LogP contribution is -2.60. The van der Waals surface area contributed by atoms with Gasteiger partial charge in [-0.05, 0) is 69.2 Å². The van der Waals surface area contributed by atoms with Gasteiger partial charge in [0.15, 0.2) is 5.11 Å². The molecule has 30 heavy (non-hydrogen) atoms. The molecule has 172 valence electrons. The number of ether oxygens (including phenoxy) is 1. The van der Waals surface area contributed by atoms with E-state index in [1.165, 1.54) is 84.5 Å². The van der Waals surface area contributed by atoms with E-state index in [1.807, 2.05) is 0 Å². The maximum atomic E-state index is 5.40. The van der Waals surface area contributed by atoms with E-state index in [9.17, 15) is 0 Å². The molecule has 7 nitrogen and oxygen atoms in total. The van der Waals surface area contributed by atoms with Crippen molar-refractivity contribution in [1.29, 1.82) is 0 Å². The van der Waals surface area contributed by atoms with E-state index in [-0.39, 0.29) is 0 Å². The van der Waals surface area contributed by atoms with Gasteiger partial charge in [-0.2, -0.15) is 0 Å². The molecule has 8 heteroatoms. The lowest BCUT2D eigenvalue weighted by Gasteiger charge is -2.51. The van der Waals surface area contributed by atoms with Gasteiger partial charge < -0.3 is 25.6 Å². The smallest absolute Gasteiger partial charge is 0.166 e. The fourth-order valence-electron chi connectivity index (χ4n) is 5.94. The molecule has 5 atom stereocenters. The zero-order chi connectivity index (χ0) is 20.8. The lowest BCUT2D eigenvalue weighted by molar-refractivity contribution is -0.0201. The fourth-order valence-corrected chi connectivity index (χ4v) is 6.13. The Labute approximate surface area is 188 Å². The van der Waals surface area contributed by atoms with Crippen molar-refractivity contribution in [2.45, 2.75) is 44.3 Å². The van der Waals surface area contributed by atoms with Crippen LogP contribution in [-0.4, -0.2) is 111 Å². The van der Waals surface area contributed by atoms with E-state index >= 15 is 0 Å². The highest BCUT2D eigenvalue weighted by atomic mass is 32.1. The summed E-state index contributed by atoms with van der Waals surface area (Å²) in [4.78, 5) is 8.16. The highest BCUT2D eigenvalue weighted by molar-refractivity contribution is 7.80. The first-order valence-electron chi connectivity index (χ1n) is 12.2. The summed E-state index contributed by atoms with van der Waals surface area (Å²) in [7, 11) is 1.72. The summed E-state index contributed by atoms with van der Waals surface area (Å²) in [5.74, 6) is 1.73. The van der Waals surface area contributed by atoms with Crippen molar-refractivity contribution in [3.63, 3.8) is 0 Å². The highest BCUT2D eigenvalue weighted by Crippen LogP contribution is 2.36. The van der Waals surface area contributed by atoms with E-state index in [1.54, 1.807) is 7.11 Å². The van der Waals surface area contributed by atoms with Crippen LogP contribution < -0.4 is 16.0 Å². The lowest BCUT2D eigenvalue weighted by atomic mass is 9.75. The molecule has 0 spiro atoms. The van der Waals surface area contributed by atoms with Gasteiger partial charge in [0.2, 0.25) is 0 Å². The average molecular weight is 439 g/mol. The van der Waals surface area contributed by atoms with Crippen LogP contribution in [0.5, 0.6) is 0 Å². The zero-order valence-electron chi connectivity index (χ0n) is 18.8. The van der Waals surface area contributed by atoms with Crippen molar-refractivity contribution in [1.82, 2.24) is 30.7 Å². The van der Waals surface area contributed by atoms with Crippen LogP contribution in [0.4, 0.5) is 0 Å². The van der Waals surface area contributed by atoms with Crippen LogP contribution in [0, 0.1) is 11.8 Å². The number of nitrogens with one attached hydrogen (secondary N) is 3. The molecule has 5 aliphatic rings. The van der Waals surface area contributed by atoms with Crippen molar-refractivity contribution < 1.29 is 4.74 Å². The van der Waals surface area contributed by atoms with Gasteiger partial charge in [0.05, 0.1) is 12.8 Å². The molecule has 2 bridgehead atoms. The Balaban J connectivity index is 1.16. The third-order valence-corrected chi connectivity index (χ3v) is 8.02. The standard InChI is InChI=1S/C22H42N6OS/c1-29-13-7-24-22(30)25-15-20-14-18-5-8-28(20)17-19(18)16-26-9-11-27(12-10-26)21-4-2-3-6-23-21/h18-21,23H,2-17H2,1H3,(H2,24,25,30)/t18-,19+,20+,21?/m1/s1. The number of hydrogen-bond acceptors (Lipinski definition) is 6. The molecule has 5 heterocycles. The molecule has 5 rings (SSSR count). The quantitative estimate of drug-likeness (QED) is 0.375. The Bertz CT molecular complexity index is 538. The van der Waals surface area contributed by atoms with E-state index in [2.05, 4.69) is 30.7 Å². The van der Waals surface area contributed by atoms with Gasteiger partial charge >= 0.3 is 0 Å². The van der Waals surface area contributed by atoms with Crippen LogP contribution in [0.15, 0.2) is 0 Å². The second kappa shape index (κ2) is 11.4. The largest absolute Gasteiger partial charge is 0.383 e. The Kier molecular flexibility index (Phi) is 8.60. The molecule has 0 amide bonds. The third-order valence-electron chi connectivity index (χ3n) is 7.73. The highest BCUT2D eigenvalue weighted by Gasteiger charge is 2.40. The summed E-state index contributed by atoms with van der Waals surface area (Å²) >= 11 is 5.40. The molecule has 3 N–H and O–H groups in total. The first-order valence-corrected chi connectivity index (χ1v) is 12.6. The van der Waals surface area contributed by atoms with Gasteiger partial charge in [-0.1, -0.05) is 0 Å². The van der Waals surface area contributed by atoms with Crippen molar-refractivity contribution in [3.8, 4) is 0 Å². The van der Waals surface area contributed by atoms with Crippen molar-refractivity contribution in [3.05, 3.63) is 0 Å². The molecule has 5 fully saturated rings. The summed E-state index contributed by atoms with van der Waals surface area (Å²) in [5, 5.41) is 11.1. The molecule has 5 saturated heterocycles. The number of nitrogens with zero attached hydrogens (tertiary/aromatic N) is 3. The van der Waals surface area contributed by atoms with Gasteiger partial charge in [-0.3, -0.25) is 9.80 Å². The van der Waals surface area contributed by atoms with Gasteiger partial charge in [0, 0.05) is 65.5 Å². The van der Waals surface area contributed by atoms with Crippen LogP contribution in [0.25, 0.3) is 0 Å². The maximum absolute atomic E-state index is 5.40. The Hall–Kier alpha value is -0.510. The molecule has 0 aromatic rings. The number of piperidine rings is 4. The maximum Gasteiger partial charge on any atom is 0.166 e. The first kappa shape index (κ1) is 22.7. The Morgan fingerprint density at radius 3 is 2.63 bits per heavy atom. The van der Waals surface area contributed by atoms with Gasteiger partial charge in [-0.15, -0.1) is 0 Å². The normalized spacial score (nSPS) is 35.3. The number of rotatable bonds is 8. The van der Waals surface area contributed by atoms with Crippen LogP contribution in [0.3, 0.4) is 0 Å². The summed E-state index contributed by atoms with van der Waals surface area (Å²) in [6.07, 6.45) is 7.42. The Morgan fingerprint density at radius 1 is 1.07 bits per heavy atom. The molecule has 0 radical (unpaired) electrons. The van der Waals surface area contributed by atoms with Crippen LogP contribution in [0.2, 0.25) is 0 Å². The molecular formula is C22H42N6OS. The van der Waals surface area contributed by atoms with E-state index < -0.39 is 0 Å². The van der Waals surface area contributed by atoms with Gasteiger partial charge in [-0.25, -0.2) is 0 Å². The summed E-state index contributed by atoms with van der Waals surface area (Å²) in [6.45, 7) is 12.4. The van der Waals surface area contributed by atoms with Crippen molar-refractivity contribution in [2.75, 3.05) is 79.2 Å². The monoisotopic (exact) mass is 438 g/mol. The minimum Gasteiger partial charge on any atom is -0.383 e. The minimum atomic E-state index is 0.636. The third kappa shape index (κ3) is 6.04. The number of thiocarbonyl (C=S) groups is 1. The molecule has 2 unspecified atom stereocenters. The minimum absolute atomic E-state index is 0.636. The van der Waals surface area contributed by atoms with Crippen molar-refractivity contribution >= 4 is 17.3 Å². The predicted molar refractivity (Wildman–Crippen MR) is 126 cm³/mol. The zero-order valence-corrected chi connectivity index (χ0v) is 19.6. The number of methoxy groups -OCH3 is 1. The summed E-state index contributed by atoms with van der Waals surface area (Å²) < 4.78 is 5.07. The predicted octanol–water partition coefficient (Wildman–Crippen LogP) is 0.525. The number of fused-ring (bicyclic) bond motifs is 3. The van der Waals surface area contributed by atoms with Crippen LogP contribution in [0.1, 0.15) is 32.1 Å². The van der Waals surface area contributed by atoms with Crippen LogP contribution in [-0.2, 0) is 4.74 Å². The second-order valence-electron chi connectivity index (χ2n) is 9.63. The van der Waals surface area contributed by atoms with Crippen LogP contribution >= 0.6 is 12.2 Å². The Morgan fingerprint density at radius 2 is 1.93 bits per heavy atom. The molecule has 0 aromatic carbocycles. The SMILES string of the molecule is COCCNC(=S)NC[C@@H]1C[C@H]2CCN1C[C@@H]2CN1CCN(C2CCCCN2)CC1. The topological polar surface area (TPSA) is 55.0 Å². The molecule has 0 aliphatic carbocycles. The van der Waals surface area contributed by atoms with E-state index in [0.717, 1.165) is 30.0 Å². The molecule has 0 aromatic heterocycles. The van der Waals surface area contributed by atoms with E-state index in [0.29, 0.717) is 18.8 Å². The average Bonchev–Trinajstić information content (AvgIpc) is 2.80. The number of piperazine rings is 1. The molecular weight excluding hydrogens is 396 g/mol. The van der Waals surface area contributed by atoms with E-state index in [4.69, 9.17) is 17.0 Å². The number of hydrogen-bond donors (Lipinski definition) is 3. The summed E-state index contributed by atoms with van der Waals surface area (Å²) in [5.41, 5.74) is 0. The van der Waals surface area contributed by atoms with Crippen molar-refractivity contribution in [2.24, 2.45) is 11.8 Å². The fraction of sp³-hybridized carbons (Fsp3) is 0.955.